The highest BCUT2D eigenvalue weighted by Gasteiger charge is 2.11. The highest BCUT2D eigenvalue weighted by molar-refractivity contribution is 7.07. The summed E-state index contributed by atoms with van der Waals surface area (Å²) < 4.78 is 8.74. The molecule has 0 aliphatic rings. The zero-order valence-corrected chi connectivity index (χ0v) is 11.3. The van der Waals surface area contributed by atoms with Crippen LogP contribution < -0.4 is 10.2 Å². The Bertz CT molecular complexity index is 592. The van der Waals surface area contributed by atoms with Gasteiger partial charge in [0.1, 0.15) is 10.6 Å². The van der Waals surface area contributed by atoms with Gasteiger partial charge in [-0.3, -0.25) is 4.79 Å². The molecule has 0 spiro atoms. The summed E-state index contributed by atoms with van der Waals surface area (Å²) in [5.74, 6) is 0.463. The maximum Gasteiger partial charge on any atom is 0.285 e. The SMILES string of the molecule is COc1ccc(/C=N/NC(=O)c2snnc2C)cc1. The molecule has 19 heavy (non-hydrogen) atoms. The molecule has 6 nitrogen and oxygen atoms in total. The molecule has 0 aliphatic carbocycles. The zero-order valence-electron chi connectivity index (χ0n) is 10.5. The number of carbonyl (C=O) groups is 1. The molecule has 0 aliphatic heterocycles. The second kappa shape index (κ2) is 6.05. The van der Waals surface area contributed by atoms with Crippen LogP contribution in [0.25, 0.3) is 0 Å². The molecule has 0 saturated carbocycles. The van der Waals surface area contributed by atoms with E-state index in [-0.39, 0.29) is 5.91 Å². The Morgan fingerprint density at radius 1 is 1.42 bits per heavy atom. The van der Waals surface area contributed by atoms with Crippen molar-refractivity contribution in [2.75, 3.05) is 7.11 Å². The van der Waals surface area contributed by atoms with Crippen molar-refractivity contribution in [3.8, 4) is 5.75 Å². The number of nitrogens with one attached hydrogen (secondary N) is 1. The molecule has 0 radical (unpaired) electrons. The average molecular weight is 276 g/mol. The van der Waals surface area contributed by atoms with Gasteiger partial charge < -0.3 is 4.74 Å². The first-order chi connectivity index (χ1) is 9.20. The maximum atomic E-state index is 11.7. The number of hydrogen-bond acceptors (Lipinski definition) is 6. The van der Waals surface area contributed by atoms with Gasteiger partial charge in [-0.25, -0.2) is 5.43 Å². The zero-order chi connectivity index (χ0) is 13.7. The molecule has 1 heterocycles. The van der Waals surface area contributed by atoms with Crippen LogP contribution in [-0.4, -0.2) is 28.8 Å². The molecular formula is C12H12N4O2S. The number of nitrogens with zero attached hydrogens (tertiary/aromatic N) is 3. The van der Waals surface area contributed by atoms with E-state index in [4.69, 9.17) is 4.74 Å². The fourth-order valence-electron chi connectivity index (χ4n) is 1.35. The molecule has 1 amide bonds. The lowest BCUT2D eigenvalue weighted by molar-refractivity contribution is 0.0958. The maximum absolute atomic E-state index is 11.7. The van der Waals surface area contributed by atoms with E-state index in [1.165, 1.54) is 0 Å². The summed E-state index contributed by atoms with van der Waals surface area (Å²) in [5, 5.41) is 7.64. The number of methoxy groups -OCH3 is 1. The van der Waals surface area contributed by atoms with Gasteiger partial charge >= 0.3 is 0 Å². The summed E-state index contributed by atoms with van der Waals surface area (Å²) in [6.45, 7) is 1.73. The molecule has 1 aromatic carbocycles. The van der Waals surface area contributed by atoms with Crippen LogP contribution in [0.5, 0.6) is 5.75 Å². The van der Waals surface area contributed by atoms with Crippen LogP contribution in [0.3, 0.4) is 0 Å². The molecular weight excluding hydrogens is 264 g/mol. The minimum absolute atomic E-state index is 0.308. The van der Waals surface area contributed by atoms with Gasteiger partial charge in [0.15, 0.2) is 0 Å². The predicted octanol–water partition coefficient (Wildman–Crippen LogP) is 1.62. The highest BCUT2D eigenvalue weighted by atomic mass is 32.1. The van der Waals surface area contributed by atoms with Crippen molar-refractivity contribution in [3.05, 3.63) is 40.4 Å². The van der Waals surface area contributed by atoms with Crippen LogP contribution in [0.1, 0.15) is 20.9 Å². The summed E-state index contributed by atoms with van der Waals surface area (Å²) in [6.07, 6.45) is 1.56. The molecule has 7 heteroatoms. The highest BCUT2D eigenvalue weighted by Crippen LogP contribution is 2.10. The number of hydrogen-bond donors (Lipinski definition) is 1. The summed E-state index contributed by atoms with van der Waals surface area (Å²) in [6, 6.07) is 7.32. The average Bonchev–Trinajstić information content (AvgIpc) is 2.86. The van der Waals surface area contributed by atoms with Gasteiger partial charge in [0.2, 0.25) is 0 Å². The van der Waals surface area contributed by atoms with E-state index in [2.05, 4.69) is 20.1 Å². The van der Waals surface area contributed by atoms with E-state index in [9.17, 15) is 4.79 Å². The predicted molar refractivity (Wildman–Crippen MR) is 72.7 cm³/mol. The molecule has 0 saturated heterocycles. The number of benzene rings is 1. The van der Waals surface area contributed by atoms with Crippen LogP contribution in [0.15, 0.2) is 29.4 Å². The third-order valence-electron chi connectivity index (χ3n) is 2.35. The van der Waals surface area contributed by atoms with Crippen LogP contribution >= 0.6 is 11.5 Å². The van der Waals surface area contributed by atoms with Crippen molar-refractivity contribution < 1.29 is 9.53 Å². The number of aromatic nitrogens is 2. The Hall–Kier alpha value is -2.28. The number of rotatable bonds is 4. The minimum atomic E-state index is -0.308. The van der Waals surface area contributed by atoms with Crippen LogP contribution in [-0.2, 0) is 0 Å². The first-order valence-electron chi connectivity index (χ1n) is 5.47. The largest absolute Gasteiger partial charge is 0.497 e. The topological polar surface area (TPSA) is 76.5 Å². The van der Waals surface area contributed by atoms with E-state index < -0.39 is 0 Å². The quantitative estimate of drug-likeness (QED) is 0.680. The molecule has 0 fully saturated rings. The van der Waals surface area contributed by atoms with Crippen LogP contribution in [0, 0.1) is 6.92 Å². The van der Waals surface area contributed by atoms with Gasteiger partial charge in [-0.05, 0) is 48.3 Å². The van der Waals surface area contributed by atoms with Gasteiger partial charge in [0, 0.05) is 0 Å². The molecule has 98 valence electrons. The standard InChI is InChI=1S/C12H12N4O2S/c1-8-11(19-16-14-8)12(17)15-13-7-9-3-5-10(18-2)6-4-9/h3-7H,1-2H3,(H,15,17)/b13-7+. The van der Waals surface area contributed by atoms with E-state index in [1.807, 2.05) is 24.3 Å². The van der Waals surface area contributed by atoms with Crippen LogP contribution in [0.4, 0.5) is 0 Å². The molecule has 1 aromatic heterocycles. The van der Waals surface area contributed by atoms with Crippen molar-refractivity contribution in [2.24, 2.45) is 5.10 Å². The van der Waals surface area contributed by atoms with Gasteiger partial charge in [0.25, 0.3) is 5.91 Å². The smallest absolute Gasteiger partial charge is 0.285 e. The van der Waals surface area contributed by atoms with Gasteiger partial charge in [-0.1, -0.05) is 4.49 Å². The van der Waals surface area contributed by atoms with E-state index >= 15 is 0 Å². The van der Waals surface area contributed by atoms with E-state index in [1.54, 1.807) is 20.2 Å². The van der Waals surface area contributed by atoms with E-state index in [0.29, 0.717) is 10.6 Å². The second-order valence-electron chi connectivity index (χ2n) is 3.66. The van der Waals surface area contributed by atoms with E-state index in [0.717, 1.165) is 22.8 Å². The molecule has 1 N–H and O–H groups in total. The summed E-state index contributed by atoms with van der Waals surface area (Å²) in [4.78, 5) is 12.2. The molecule has 0 unspecified atom stereocenters. The fourth-order valence-corrected chi connectivity index (χ4v) is 1.89. The number of amides is 1. The van der Waals surface area contributed by atoms with Crippen molar-refractivity contribution in [2.45, 2.75) is 6.92 Å². The Balaban J connectivity index is 1.96. The number of carbonyl (C=O) groups excluding carboxylic acids is 1. The monoisotopic (exact) mass is 276 g/mol. The summed E-state index contributed by atoms with van der Waals surface area (Å²) in [5.41, 5.74) is 3.89. The lowest BCUT2D eigenvalue weighted by atomic mass is 10.2. The molecule has 0 atom stereocenters. The third-order valence-corrected chi connectivity index (χ3v) is 3.18. The van der Waals surface area contributed by atoms with Crippen molar-refractivity contribution in [1.29, 1.82) is 0 Å². The third kappa shape index (κ3) is 3.35. The normalized spacial score (nSPS) is 10.6. The Morgan fingerprint density at radius 3 is 2.74 bits per heavy atom. The fraction of sp³-hybridized carbons (Fsp3) is 0.167. The number of hydrazone groups is 1. The minimum Gasteiger partial charge on any atom is -0.497 e. The Morgan fingerprint density at radius 2 is 2.16 bits per heavy atom. The second-order valence-corrected chi connectivity index (χ2v) is 4.41. The first-order valence-corrected chi connectivity index (χ1v) is 6.24. The van der Waals surface area contributed by atoms with Crippen molar-refractivity contribution in [3.63, 3.8) is 0 Å². The van der Waals surface area contributed by atoms with Gasteiger partial charge in [-0.2, -0.15) is 5.10 Å². The number of aryl methyl sites for hydroxylation is 1. The Labute approximate surface area is 114 Å². The van der Waals surface area contributed by atoms with Gasteiger partial charge in [0.05, 0.1) is 19.0 Å². The van der Waals surface area contributed by atoms with Gasteiger partial charge in [-0.15, -0.1) is 5.10 Å². The number of ether oxygens (including phenoxy) is 1. The summed E-state index contributed by atoms with van der Waals surface area (Å²) >= 11 is 1.05. The molecule has 0 bridgehead atoms. The first kappa shape index (κ1) is 13.2. The lowest BCUT2D eigenvalue weighted by Gasteiger charge is -1.99. The molecule has 2 aromatic rings. The molecule has 2 rings (SSSR count). The van der Waals surface area contributed by atoms with Crippen molar-refractivity contribution >= 4 is 23.7 Å². The lowest BCUT2D eigenvalue weighted by Crippen LogP contribution is -2.17. The summed E-state index contributed by atoms with van der Waals surface area (Å²) in [7, 11) is 1.61. The Kier molecular flexibility index (Phi) is 4.19. The van der Waals surface area contributed by atoms with Crippen LogP contribution in [0.2, 0.25) is 0 Å². The van der Waals surface area contributed by atoms with Crippen molar-refractivity contribution in [1.82, 2.24) is 15.0 Å².